The van der Waals surface area contributed by atoms with Crippen molar-refractivity contribution < 1.29 is 9.53 Å². The standard InChI is InChI=1S/C8H6O2.C8H10/c9-8-7-4-2-1-3-6(7)5-10-8;1-2-8-6-4-3-5-7-8/h1-4H,5H2;3-7H,2H2,1H3. The fourth-order valence-corrected chi connectivity index (χ4v) is 1.78. The van der Waals surface area contributed by atoms with Gasteiger partial charge in [0.2, 0.25) is 0 Å². The summed E-state index contributed by atoms with van der Waals surface area (Å²) in [5, 5.41) is 0. The van der Waals surface area contributed by atoms with Crippen molar-refractivity contribution in [3.05, 3.63) is 71.3 Å². The number of hydrogen-bond donors (Lipinski definition) is 0. The predicted molar refractivity (Wildman–Crippen MR) is 71.4 cm³/mol. The van der Waals surface area contributed by atoms with Crippen LogP contribution in [0.2, 0.25) is 0 Å². The van der Waals surface area contributed by atoms with E-state index >= 15 is 0 Å². The van der Waals surface area contributed by atoms with E-state index in [1.54, 1.807) is 6.07 Å². The summed E-state index contributed by atoms with van der Waals surface area (Å²) in [6.07, 6.45) is 1.14. The number of carbonyl (C=O) groups excluding carboxylic acids is 1. The zero-order valence-corrected chi connectivity index (χ0v) is 10.4. The number of ether oxygens (including phenoxy) is 1. The highest BCUT2D eigenvalue weighted by Gasteiger charge is 2.18. The first-order chi connectivity index (χ1) is 8.81. The molecule has 1 aliphatic heterocycles. The molecule has 0 N–H and O–H groups in total. The van der Waals surface area contributed by atoms with Gasteiger partial charge in [-0.05, 0) is 18.1 Å². The number of rotatable bonds is 1. The van der Waals surface area contributed by atoms with Gasteiger partial charge in [0.15, 0.2) is 0 Å². The molecule has 2 aromatic rings. The summed E-state index contributed by atoms with van der Waals surface area (Å²) < 4.78 is 4.78. The maximum atomic E-state index is 10.8. The first-order valence-corrected chi connectivity index (χ1v) is 6.10. The molecule has 2 nitrogen and oxygen atoms in total. The van der Waals surface area contributed by atoms with Gasteiger partial charge in [-0.15, -0.1) is 0 Å². The van der Waals surface area contributed by atoms with Crippen LogP contribution in [0.4, 0.5) is 0 Å². The molecule has 2 heteroatoms. The van der Waals surface area contributed by atoms with E-state index in [0.717, 1.165) is 12.0 Å². The van der Waals surface area contributed by atoms with Gasteiger partial charge >= 0.3 is 5.97 Å². The first kappa shape index (κ1) is 12.4. The van der Waals surface area contributed by atoms with Crippen molar-refractivity contribution in [2.75, 3.05) is 0 Å². The molecule has 0 bridgehead atoms. The molecule has 3 rings (SSSR count). The summed E-state index contributed by atoms with van der Waals surface area (Å²) in [7, 11) is 0. The number of aryl methyl sites for hydroxylation is 1. The second kappa shape index (κ2) is 6.01. The summed E-state index contributed by atoms with van der Waals surface area (Å²) in [6, 6.07) is 17.9. The lowest BCUT2D eigenvalue weighted by atomic mass is 10.1. The third kappa shape index (κ3) is 2.98. The minimum absolute atomic E-state index is 0.199. The molecule has 0 saturated carbocycles. The Labute approximate surface area is 107 Å². The van der Waals surface area contributed by atoms with Crippen molar-refractivity contribution in [1.82, 2.24) is 0 Å². The molecule has 0 unspecified atom stereocenters. The zero-order chi connectivity index (χ0) is 12.8. The Balaban J connectivity index is 0.000000138. The van der Waals surface area contributed by atoms with E-state index in [9.17, 15) is 4.79 Å². The van der Waals surface area contributed by atoms with E-state index in [-0.39, 0.29) is 5.97 Å². The highest BCUT2D eigenvalue weighted by Crippen LogP contribution is 2.18. The molecular weight excluding hydrogens is 224 g/mol. The minimum atomic E-state index is -0.199. The van der Waals surface area contributed by atoms with Gasteiger partial charge in [0.1, 0.15) is 6.61 Å². The fraction of sp³-hybridized carbons (Fsp3) is 0.188. The summed E-state index contributed by atoms with van der Waals surface area (Å²) >= 11 is 0. The van der Waals surface area contributed by atoms with Gasteiger partial charge in [0.05, 0.1) is 5.56 Å². The Morgan fingerprint density at radius 3 is 2.28 bits per heavy atom. The van der Waals surface area contributed by atoms with Gasteiger partial charge in [-0.3, -0.25) is 0 Å². The SMILES string of the molecule is CCc1ccccc1.O=C1OCc2ccccc21. The third-order valence-electron chi connectivity index (χ3n) is 2.85. The monoisotopic (exact) mass is 240 g/mol. The van der Waals surface area contributed by atoms with Gasteiger partial charge in [-0.25, -0.2) is 4.79 Å². The number of hydrogen-bond acceptors (Lipinski definition) is 2. The lowest BCUT2D eigenvalue weighted by molar-refractivity contribution is 0.0535. The van der Waals surface area contributed by atoms with Crippen LogP contribution >= 0.6 is 0 Å². The molecule has 0 fully saturated rings. The van der Waals surface area contributed by atoms with Crippen molar-refractivity contribution >= 4 is 5.97 Å². The van der Waals surface area contributed by atoms with E-state index in [4.69, 9.17) is 4.74 Å². The predicted octanol–water partition coefficient (Wildman–Crippen LogP) is 3.61. The lowest BCUT2D eigenvalue weighted by Gasteiger charge is -1.89. The number of benzene rings is 2. The van der Waals surface area contributed by atoms with Crippen LogP contribution in [-0.2, 0) is 17.8 Å². The van der Waals surface area contributed by atoms with Crippen LogP contribution in [0.25, 0.3) is 0 Å². The van der Waals surface area contributed by atoms with Crippen molar-refractivity contribution in [2.45, 2.75) is 20.0 Å². The van der Waals surface area contributed by atoms with Crippen LogP contribution in [0.5, 0.6) is 0 Å². The van der Waals surface area contributed by atoms with Crippen molar-refractivity contribution in [3.8, 4) is 0 Å². The number of esters is 1. The Bertz CT molecular complexity index is 518. The highest BCUT2D eigenvalue weighted by atomic mass is 16.5. The average molecular weight is 240 g/mol. The summed E-state index contributed by atoms with van der Waals surface area (Å²) in [5.74, 6) is -0.199. The number of cyclic esters (lactones) is 1. The second-order valence-corrected chi connectivity index (χ2v) is 4.07. The molecule has 1 aliphatic rings. The third-order valence-corrected chi connectivity index (χ3v) is 2.85. The number of carbonyl (C=O) groups is 1. The smallest absolute Gasteiger partial charge is 0.338 e. The molecule has 0 atom stereocenters. The van der Waals surface area contributed by atoms with Crippen molar-refractivity contribution in [2.24, 2.45) is 0 Å². The topological polar surface area (TPSA) is 26.3 Å². The fourth-order valence-electron chi connectivity index (χ4n) is 1.78. The summed E-state index contributed by atoms with van der Waals surface area (Å²) in [5.41, 5.74) is 3.11. The molecule has 2 aromatic carbocycles. The largest absolute Gasteiger partial charge is 0.457 e. The maximum Gasteiger partial charge on any atom is 0.338 e. The highest BCUT2D eigenvalue weighted by molar-refractivity contribution is 5.93. The first-order valence-electron chi connectivity index (χ1n) is 6.10. The van der Waals surface area contributed by atoms with Gasteiger partial charge < -0.3 is 4.74 Å². The van der Waals surface area contributed by atoms with Crippen molar-refractivity contribution in [1.29, 1.82) is 0 Å². The molecular formula is C16H16O2. The molecule has 0 saturated heterocycles. The van der Waals surface area contributed by atoms with Crippen LogP contribution in [0.15, 0.2) is 54.6 Å². The normalized spacial score (nSPS) is 12.2. The van der Waals surface area contributed by atoms with E-state index in [1.165, 1.54) is 5.56 Å². The van der Waals surface area contributed by atoms with Crippen molar-refractivity contribution in [3.63, 3.8) is 0 Å². The van der Waals surface area contributed by atoms with E-state index in [0.29, 0.717) is 12.2 Å². The van der Waals surface area contributed by atoms with E-state index in [2.05, 4.69) is 31.2 Å². The van der Waals surface area contributed by atoms with Gasteiger partial charge in [0, 0.05) is 5.56 Å². The lowest BCUT2D eigenvalue weighted by Crippen LogP contribution is -1.91. The van der Waals surface area contributed by atoms with Crippen LogP contribution in [0, 0.1) is 0 Å². The molecule has 0 spiro atoms. The van der Waals surface area contributed by atoms with E-state index < -0.39 is 0 Å². The molecule has 0 amide bonds. The summed E-state index contributed by atoms with van der Waals surface area (Å²) in [6.45, 7) is 2.60. The zero-order valence-electron chi connectivity index (χ0n) is 10.4. The Hall–Kier alpha value is -2.09. The Morgan fingerprint density at radius 2 is 1.67 bits per heavy atom. The van der Waals surface area contributed by atoms with Crippen LogP contribution in [-0.4, -0.2) is 5.97 Å². The molecule has 1 heterocycles. The van der Waals surface area contributed by atoms with Crippen LogP contribution in [0.1, 0.15) is 28.4 Å². The molecule has 0 radical (unpaired) electrons. The van der Waals surface area contributed by atoms with Gasteiger partial charge in [0.25, 0.3) is 0 Å². The van der Waals surface area contributed by atoms with Crippen LogP contribution in [0.3, 0.4) is 0 Å². The molecule has 0 aromatic heterocycles. The minimum Gasteiger partial charge on any atom is -0.457 e. The van der Waals surface area contributed by atoms with Gasteiger partial charge in [-0.2, -0.15) is 0 Å². The van der Waals surface area contributed by atoms with E-state index in [1.807, 2.05) is 24.3 Å². The van der Waals surface area contributed by atoms with Gasteiger partial charge in [-0.1, -0.05) is 55.5 Å². The Morgan fingerprint density at radius 1 is 1.00 bits per heavy atom. The average Bonchev–Trinajstić information content (AvgIpc) is 2.83. The van der Waals surface area contributed by atoms with Crippen LogP contribution < -0.4 is 0 Å². The molecule has 0 aliphatic carbocycles. The summed E-state index contributed by atoms with van der Waals surface area (Å²) in [4.78, 5) is 10.8. The Kier molecular flexibility index (Phi) is 4.13. The number of fused-ring (bicyclic) bond motifs is 1. The molecule has 92 valence electrons. The maximum absolute atomic E-state index is 10.8. The molecule has 18 heavy (non-hydrogen) atoms. The quantitative estimate of drug-likeness (QED) is 0.712. The second-order valence-electron chi connectivity index (χ2n) is 4.07.